The van der Waals surface area contributed by atoms with Crippen LogP contribution in [-0.2, 0) is 11.5 Å². The largest absolute Gasteiger partial charge is 0.360 e. The number of aromatic nitrogens is 3. The number of pyridine rings is 1. The lowest BCUT2D eigenvalue weighted by atomic mass is 10.0. The van der Waals surface area contributed by atoms with Gasteiger partial charge in [-0.1, -0.05) is 62.1 Å². The Hall–Kier alpha value is -3.02. The molecule has 164 valence electrons. The van der Waals surface area contributed by atoms with Gasteiger partial charge in [0.15, 0.2) is 0 Å². The van der Waals surface area contributed by atoms with E-state index in [0.717, 1.165) is 45.9 Å². The fourth-order valence-corrected chi connectivity index (χ4v) is 4.38. The zero-order valence-electron chi connectivity index (χ0n) is 19.4. The lowest BCUT2D eigenvalue weighted by Crippen LogP contribution is -2.22. The molecule has 0 unspecified atom stereocenters. The number of hydrogen-bond acceptors (Lipinski definition) is 3. The molecule has 0 fully saturated rings. The highest BCUT2D eigenvalue weighted by atomic mass is 28.3. The third-order valence-corrected chi connectivity index (χ3v) is 7.28. The molecule has 2 heterocycles. The first-order chi connectivity index (χ1) is 15.4. The molecule has 32 heavy (non-hydrogen) atoms. The lowest BCUT2D eigenvalue weighted by Gasteiger charge is -2.15. The maximum Gasteiger partial charge on any atom is 0.140 e. The predicted molar refractivity (Wildman–Crippen MR) is 137 cm³/mol. The van der Waals surface area contributed by atoms with Crippen LogP contribution in [0, 0.1) is 6.92 Å². The molecule has 0 aliphatic heterocycles. The fraction of sp³-hybridized carbons (Fsp3) is 0.259. The van der Waals surface area contributed by atoms with Gasteiger partial charge >= 0.3 is 0 Å². The van der Waals surface area contributed by atoms with Gasteiger partial charge in [0, 0.05) is 38.0 Å². The van der Waals surface area contributed by atoms with Crippen LogP contribution < -0.4 is 0 Å². The van der Waals surface area contributed by atoms with E-state index in [2.05, 4.69) is 74.0 Å². The van der Waals surface area contributed by atoms with E-state index in [0.29, 0.717) is 6.73 Å². The van der Waals surface area contributed by atoms with Crippen LogP contribution in [0.4, 0.5) is 0 Å². The zero-order valence-corrected chi connectivity index (χ0v) is 20.4. The molecule has 0 atom stereocenters. The molecule has 0 aliphatic rings. The monoisotopic (exact) mass is 441 g/mol. The summed E-state index contributed by atoms with van der Waals surface area (Å²) in [6, 6.07) is 20.0. The second-order valence-corrected chi connectivity index (χ2v) is 15.0. The Labute approximate surface area is 191 Å². The second kappa shape index (κ2) is 9.63. The minimum absolute atomic E-state index is 0.464. The van der Waals surface area contributed by atoms with E-state index in [1.54, 1.807) is 0 Å². The molecule has 4 nitrogen and oxygen atoms in total. The quantitative estimate of drug-likeness (QED) is 0.221. The van der Waals surface area contributed by atoms with E-state index in [1.807, 2.05) is 41.3 Å². The van der Waals surface area contributed by atoms with Crippen molar-refractivity contribution in [2.45, 2.75) is 39.3 Å². The molecule has 0 radical (unpaired) electrons. The van der Waals surface area contributed by atoms with E-state index < -0.39 is 8.07 Å². The zero-order chi connectivity index (χ0) is 22.6. The third kappa shape index (κ3) is 5.42. The van der Waals surface area contributed by atoms with Crippen LogP contribution in [0.2, 0.25) is 25.7 Å². The Morgan fingerprint density at radius 1 is 1.00 bits per heavy atom. The molecule has 4 aromatic rings. The van der Waals surface area contributed by atoms with Gasteiger partial charge in [0.25, 0.3) is 0 Å². The maximum absolute atomic E-state index is 6.02. The topological polar surface area (TPSA) is 39.9 Å². The normalized spacial score (nSPS) is 12.1. The smallest absolute Gasteiger partial charge is 0.140 e. The summed E-state index contributed by atoms with van der Waals surface area (Å²) in [5, 5.41) is 6.01. The molecular formula is C27H31N3OSi. The van der Waals surface area contributed by atoms with E-state index in [-0.39, 0.29) is 0 Å². The van der Waals surface area contributed by atoms with Crippen molar-refractivity contribution in [1.82, 2.24) is 14.8 Å². The van der Waals surface area contributed by atoms with Crippen molar-refractivity contribution < 1.29 is 4.74 Å². The summed E-state index contributed by atoms with van der Waals surface area (Å²) in [6.45, 7) is 10.5. The van der Waals surface area contributed by atoms with Crippen LogP contribution >= 0.6 is 0 Å². The van der Waals surface area contributed by atoms with Crippen molar-refractivity contribution in [3.63, 3.8) is 0 Å². The first-order valence-corrected chi connectivity index (χ1v) is 14.8. The number of nitrogens with zero attached hydrogens (tertiary/aromatic N) is 3. The van der Waals surface area contributed by atoms with Gasteiger partial charge in [-0.15, -0.1) is 0 Å². The summed E-state index contributed by atoms with van der Waals surface area (Å²) >= 11 is 0. The number of hydrogen-bond donors (Lipinski definition) is 0. The Morgan fingerprint density at radius 2 is 1.81 bits per heavy atom. The van der Waals surface area contributed by atoms with Crippen molar-refractivity contribution >= 4 is 31.1 Å². The first-order valence-electron chi connectivity index (χ1n) is 11.1. The maximum atomic E-state index is 6.02. The number of rotatable bonds is 8. The number of aryl methyl sites for hydroxylation is 1. The number of fused-ring (bicyclic) bond motifs is 1. The summed E-state index contributed by atoms with van der Waals surface area (Å²) in [4.78, 5) is 4.32. The highest BCUT2D eigenvalue weighted by Crippen LogP contribution is 2.29. The molecule has 0 N–H and O–H groups in total. The molecule has 0 aliphatic carbocycles. The van der Waals surface area contributed by atoms with Gasteiger partial charge in [-0.3, -0.25) is 4.98 Å². The Kier molecular flexibility index (Phi) is 6.68. The van der Waals surface area contributed by atoms with E-state index in [9.17, 15) is 0 Å². The molecule has 0 spiro atoms. The summed E-state index contributed by atoms with van der Waals surface area (Å²) in [5.74, 6) is 0. The molecule has 2 aromatic heterocycles. The molecular weight excluding hydrogens is 410 g/mol. The summed E-state index contributed by atoms with van der Waals surface area (Å²) < 4.78 is 7.99. The minimum Gasteiger partial charge on any atom is -0.360 e. The number of benzene rings is 2. The molecule has 0 amide bonds. The Bertz CT molecular complexity index is 1220. The van der Waals surface area contributed by atoms with Gasteiger partial charge in [-0.05, 0) is 53.9 Å². The lowest BCUT2D eigenvalue weighted by molar-refractivity contribution is 0.0816. The van der Waals surface area contributed by atoms with Gasteiger partial charge in [0.1, 0.15) is 6.73 Å². The van der Waals surface area contributed by atoms with E-state index >= 15 is 0 Å². The molecule has 0 saturated heterocycles. The average molecular weight is 442 g/mol. The van der Waals surface area contributed by atoms with Crippen LogP contribution in [0.1, 0.15) is 16.8 Å². The van der Waals surface area contributed by atoms with Gasteiger partial charge in [-0.2, -0.15) is 5.10 Å². The van der Waals surface area contributed by atoms with Gasteiger partial charge in [0.2, 0.25) is 0 Å². The molecule has 5 heteroatoms. The number of ether oxygens (including phenoxy) is 1. The SMILES string of the molecule is Cc1ccncc1-c1ccc2c(c1)c(/C=C/c1ccccc1)nn2COCC[Si](C)(C)C. The van der Waals surface area contributed by atoms with Crippen LogP contribution in [-0.4, -0.2) is 29.4 Å². The van der Waals surface area contributed by atoms with Crippen molar-refractivity contribution in [3.8, 4) is 11.1 Å². The summed E-state index contributed by atoms with van der Waals surface area (Å²) in [7, 11) is -1.12. The highest BCUT2D eigenvalue weighted by molar-refractivity contribution is 6.76. The third-order valence-electron chi connectivity index (χ3n) is 5.57. The first kappa shape index (κ1) is 22.2. The van der Waals surface area contributed by atoms with E-state index in [4.69, 9.17) is 9.84 Å². The average Bonchev–Trinajstić information content (AvgIpc) is 3.12. The highest BCUT2D eigenvalue weighted by Gasteiger charge is 2.14. The van der Waals surface area contributed by atoms with Crippen LogP contribution in [0.5, 0.6) is 0 Å². The fourth-order valence-electron chi connectivity index (χ4n) is 3.63. The van der Waals surface area contributed by atoms with Gasteiger partial charge < -0.3 is 4.74 Å². The summed E-state index contributed by atoms with van der Waals surface area (Å²) in [6.07, 6.45) is 7.97. The van der Waals surface area contributed by atoms with Crippen molar-refractivity contribution in [2.75, 3.05) is 6.61 Å². The Balaban J connectivity index is 1.69. The standard InChI is InChI=1S/C27H31N3OSi/c1-21-14-15-28-19-25(21)23-11-13-27-24(18-23)26(12-10-22-8-6-5-7-9-22)29-30(27)20-31-16-17-32(2,3)4/h5-15,18-19H,16-17,20H2,1-4H3/b12-10+. The Morgan fingerprint density at radius 3 is 2.56 bits per heavy atom. The van der Waals surface area contributed by atoms with E-state index in [1.165, 1.54) is 5.56 Å². The van der Waals surface area contributed by atoms with Crippen molar-refractivity contribution in [2.24, 2.45) is 0 Å². The van der Waals surface area contributed by atoms with Gasteiger partial charge in [0.05, 0.1) is 11.2 Å². The molecule has 0 bridgehead atoms. The minimum atomic E-state index is -1.12. The van der Waals surface area contributed by atoms with Crippen LogP contribution in [0.3, 0.4) is 0 Å². The predicted octanol–water partition coefficient (Wildman–Crippen LogP) is 6.89. The molecule has 2 aromatic carbocycles. The second-order valence-electron chi connectivity index (χ2n) is 9.40. The van der Waals surface area contributed by atoms with Gasteiger partial charge in [-0.25, -0.2) is 4.68 Å². The molecule has 4 rings (SSSR count). The van der Waals surface area contributed by atoms with Crippen LogP contribution in [0.15, 0.2) is 67.0 Å². The summed E-state index contributed by atoms with van der Waals surface area (Å²) in [5.41, 5.74) is 6.68. The van der Waals surface area contributed by atoms with Crippen molar-refractivity contribution in [3.05, 3.63) is 83.8 Å². The van der Waals surface area contributed by atoms with Crippen molar-refractivity contribution in [1.29, 1.82) is 0 Å². The molecule has 0 saturated carbocycles. The van der Waals surface area contributed by atoms with Crippen LogP contribution in [0.25, 0.3) is 34.2 Å².